The highest BCUT2D eigenvalue weighted by Gasteiger charge is 2.32. The van der Waals surface area contributed by atoms with Gasteiger partial charge in [0.05, 0.1) is 4.90 Å². The lowest BCUT2D eigenvalue weighted by molar-refractivity contribution is -0.154. The van der Waals surface area contributed by atoms with Crippen molar-refractivity contribution in [2.75, 3.05) is 11.9 Å². The summed E-state index contributed by atoms with van der Waals surface area (Å²) < 4.78 is 31.9. The van der Waals surface area contributed by atoms with Crippen LogP contribution in [0.2, 0.25) is 0 Å². The SMILES string of the molecule is CC(N=C1NS(=O)(=O)c2ccccc21)C(=O)OC(C)C(=O)N(C)c1ccccc1. The molecule has 1 aliphatic rings. The summed E-state index contributed by atoms with van der Waals surface area (Å²) in [6, 6.07) is 14.3. The summed E-state index contributed by atoms with van der Waals surface area (Å²) in [4.78, 5) is 30.6. The monoisotopic (exact) mass is 415 g/mol. The van der Waals surface area contributed by atoms with Gasteiger partial charge in [0.15, 0.2) is 6.10 Å². The number of sulfonamides is 1. The molecule has 0 saturated heterocycles. The normalized spacial score (nSPS) is 17.7. The van der Waals surface area contributed by atoms with Crippen LogP contribution in [-0.2, 0) is 24.3 Å². The number of benzene rings is 2. The number of para-hydroxylation sites is 1. The maximum Gasteiger partial charge on any atom is 0.331 e. The number of nitrogens with zero attached hydrogens (tertiary/aromatic N) is 2. The molecule has 8 nitrogen and oxygen atoms in total. The summed E-state index contributed by atoms with van der Waals surface area (Å²) in [6.07, 6.45) is -1.03. The predicted octanol–water partition coefficient (Wildman–Crippen LogP) is 1.71. The predicted molar refractivity (Wildman–Crippen MR) is 108 cm³/mol. The Morgan fingerprint density at radius 2 is 1.66 bits per heavy atom. The van der Waals surface area contributed by atoms with Crippen molar-refractivity contribution in [2.24, 2.45) is 4.99 Å². The Bertz CT molecular complexity index is 1070. The number of hydrogen-bond acceptors (Lipinski definition) is 6. The van der Waals surface area contributed by atoms with Crippen LogP contribution in [0.25, 0.3) is 0 Å². The van der Waals surface area contributed by atoms with Crippen molar-refractivity contribution in [2.45, 2.75) is 30.9 Å². The molecule has 0 radical (unpaired) electrons. The van der Waals surface area contributed by atoms with Crippen LogP contribution >= 0.6 is 0 Å². The number of amides is 1. The lowest BCUT2D eigenvalue weighted by Crippen LogP contribution is -2.39. The number of hydrogen-bond donors (Lipinski definition) is 1. The number of anilines is 1. The van der Waals surface area contributed by atoms with Crippen molar-refractivity contribution in [3.8, 4) is 0 Å². The van der Waals surface area contributed by atoms with E-state index in [4.69, 9.17) is 4.74 Å². The average Bonchev–Trinajstić information content (AvgIpc) is 2.97. The average molecular weight is 415 g/mol. The van der Waals surface area contributed by atoms with Gasteiger partial charge in [0.1, 0.15) is 11.9 Å². The quantitative estimate of drug-likeness (QED) is 0.749. The van der Waals surface area contributed by atoms with Crippen LogP contribution in [0.4, 0.5) is 5.69 Å². The molecule has 0 bridgehead atoms. The zero-order chi connectivity index (χ0) is 21.2. The second kappa shape index (κ2) is 8.04. The fraction of sp³-hybridized carbons (Fsp3) is 0.250. The first-order chi connectivity index (χ1) is 13.7. The molecule has 2 aromatic rings. The van der Waals surface area contributed by atoms with Crippen LogP contribution in [-0.4, -0.2) is 45.3 Å². The van der Waals surface area contributed by atoms with E-state index >= 15 is 0 Å². The molecule has 1 heterocycles. The summed E-state index contributed by atoms with van der Waals surface area (Å²) >= 11 is 0. The minimum Gasteiger partial charge on any atom is -0.451 e. The highest BCUT2D eigenvalue weighted by Crippen LogP contribution is 2.22. The van der Waals surface area contributed by atoms with Crippen LogP contribution in [0.15, 0.2) is 64.5 Å². The number of rotatable bonds is 5. The van der Waals surface area contributed by atoms with Crippen molar-refractivity contribution >= 4 is 33.4 Å². The minimum atomic E-state index is -3.70. The molecule has 1 amide bonds. The lowest BCUT2D eigenvalue weighted by atomic mass is 10.2. The summed E-state index contributed by atoms with van der Waals surface area (Å²) in [7, 11) is -2.10. The van der Waals surface area contributed by atoms with Gasteiger partial charge in [0, 0.05) is 18.3 Å². The van der Waals surface area contributed by atoms with E-state index < -0.39 is 34.0 Å². The van der Waals surface area contributed by atoms with Crippen LogP contribution < -0.4 is 9.62 Å². The molecule has 2 unspecified atom stereocenters. The topological polar surface area (TPSA) is 105 Å². The van der Waals surface area contributed by atoms with Gasteiger partial charge in [0.25, 0.3) is 15.9 Å². The number of likely N-dealkylation sites (N-methyl/N-ethyl adjacent to an activating group) is 1. The number of nitrogens with one attached hydrogen (secondary N) is 1. The summed E-state index contributed by atoms with van der Waals surface area (Å²) in [5.41, 5.74) is 1.06. The first-order valence-electron chi connectivity index (χ1n) is 8.94. The molecule has 1 N–H and O–H groups in total. The maximum atomic E-state index is 12.5. The van der Waals surface area contributed by atoms with E-state index in [-0.39, 0.29) is 10.7 Å². The number of aliphatic imine (C=N–C) groups is 1. The summed E-state index contributed by atoms with van der Waals surface area (Å²) in [6.45, 7) is 2.95. The molecular weight excluding hydrogens is 394 g/mol. The van der Waals surface area contributed by atoms with Crippen LogP contribution in [0.5, 0.6) is 0 Å². The number of carbonyl (C=O) groups excluding carboxylic acids is 2. The number of fused-ring (bicyclic) bond motifs is 1. The highest BCUT2D eigenvalue weighted by molar-refractivity contribution is 7.90. The van der Waals surface area contributed by atoms with Gasteiger partial charge in [-0.1, -0.05) is 30.3 Å². The third-order valence-corrected chi connectivity index (χ3v) is 5.84. The molecule has 0 aliphatic carbocycles. The van der Waals surface area contributed by atoms with E-state index in [1.165, 1.54) is 24.8 Å². The summed E-state index contributed by atoms with van der Waals surface area (Å²) in [5.74, 6) is -1.05. The second-order valence-electron chi connectivity index (χ2n) is 6.57. The lowest BCUT2D eigenvalue weighted by Gasteiger charge is -2.22. The molecule has 0 spiro atoms. The van der Waals surface area contributed by atoms with Crippen LogP contribution in [0, 0.1) is 0 Å². The Balaban J connectivity index is 1.70. The van der Waals surface area contributed by atoms with E-state index in [0.29, 0.717) is 11.3 Å². The van der Waals surface area contributed by atoms with E-state index in [2.05, 4.69) is 9.71 Å². The zero-order valence-corrected chi connectivity index (χ0v) is 17.0. The van der Waals surface area contributed by atoms with E-state index in [1.807, 2.05) is 6.07 Å². The Labute approximate surface area is 169 Å². The molecule has 1 aliphatic heterocycles. The Morgan fingerprint density at radius 1 is 1.03 bits per heavy atom. The third kappa shape index (κ3) is 4.29. The highest BCUT2D eigenvalue weighted by atomic mass is 32.2. The molecule has 0 fully saturated rings. The van der Waals surface area contributed by atoms with Gasteiger partial charge in [0.2, 0.25) is 0 Å². The van der Waals surface area contributed by atoms with Crippen molar-refractivity contribution in [3.05, 3.63) is 60.2 Å². The standard InChI is InChI=1S/C20H21N3O5S/c1-13(21-18-16-11-7-8-12-17(16)29(26,27)22-18)20(25)28-14(2)19(24)23(3)15-9-5-4-6-10-15/h4-14H,1-3H3,(H,21,22). The van der Waals surface area contributed by atoms with Gasteiger partial charge in [-0.2, -0.15) is 0 Å². The van der Waals surface area contributed by atoms with Crippen molar-refractivity contribution in [1.82, 2.24) is 4.72 Å². The van der Waals surface area contributed by atoms with Gasteiger partial charge >= 0.3 is 5.97 Å². The smallest absolute Gasteiger partial charge is 0.331 e. The number of amidine groups is 1. The van der Waals surface area contributed by atoms with E-state index in [1.54, 1.807) is 49.5 Å². The van der Waals surface area contributed by atoms with Gasteiger partial charge < -0.3 is 9.64 Å². The second-order valence-corrected chi connectivity index (χ2v) is 8.22. The van der Waals surface area contributed by atoms with Gasteiger partial charge in [-0.15, -0.1) is 0 Å². The molecule has 0 saturated carbocycles. The molecule has 9 heteroatoms. The molecule has 3 rings (SSSR count). The minimum absolute atomic E-state index is 0.0745. The van der Waals surface area contributed by atoms with Crippen molar-refractivity contribution < 1.29 is 22.7 Å². The van der Waals surface area contributed by atoms with Crippen molar-refractivity contribution in [1.29, 1.82) is 0 Å². The Hall–Kier alpha value is -3.20. The van der Waals surface area contributed by atoms with E-state index in [0.717, 1.165) is 0 Å². The number of carbonyl (C=O) groups is 2. The number of esters is 1. The Morgan fingerprint density at radius 3 is 2.34 bits per heavy atom. The zero-order valence-electron chi connectivity index (χ0n) is 16.2. The summed E-state index contributed by atoms with van der Waals surface area (Å²) in [5, 5.41) is 0. The van der Waals surface area contributed by atoms with E-state index in [9.17, 15) is 18.0 Å². The molecule has 152 valence electrons. The fourth-order valence-electron chi connectivity index (χ4n) is 2.85. The van der Waals surface area contributed by atoms with Gasteiger partial charge in [-0.25, -0.2) is 13.2 Å². The molecular formula is C20H21N3O5S. The largest absolute Gasteiger partial charge is 0.451 e. The first-order valence-corrected chi connectivity index (χ1v) is 10.4. The molecule has 0 aromatic heterocycles. The van der Waals surface area contributed by atoms with Gasteiger partial charge in [-0.05, 0) is 38.1 Å². The van der Waals surface area contributed by atoms with Crippen LogP contribution in [0.1, 0.15) is 19.4 Å². The van der Waals surface area contributed by atoms with Crippen LogP contribution in [0.3, 0.4) is 0 Å². The molecule has 2 aromatic carbocycles. The van der Waals surface area contributed by atoms with Crippen molar-refractivity contribution in [3.63, 3.8) is 0 Å². The Kier molecular flexibility index (Phi) is 5.69. The third-order valence-electron chi connectivity index (χ3n) is 4.44. The van der Waals surface area contributed by atoms with Gasteiger partial charge in [-0.3, -0.25) is 14.5 Å². The molecule has 29 heavy (non-hydrogen) atoms. The first kappa shape index (κ1) is 20.5. The molecule has 2 atom stereocenters. The fourth-order valence-corrected chi connectivity index (χ4v) is 4.09. The maximum absolute atomic E-state index is 12.5. The number of ether oxygens (including phenoxy) is 1.